The molecule has 0 aromatic heterocycles. The average Bonchev–Trinajstić information content (AvgIpc) is 2.55. The van der Waals surface area contributed by atoms with E-state index in [-0.39, 0.29) is 0 Å². The zero-order chi connectivity index (χ0) is 18.9. The van der Waals surface area contributed by atoms with Crippen LogP contribution in [0.1, 0.15) is 77.3 Å². The van der Waals surface area contributed by atoms with Gasteiger partial charge in [-0.3, -0.25) is 4.55 Å². The highest BCUT2D eigenvalue weighted by Crippen LogP contribution is 2.26. The van der Waals surface area contributed by atoms with Gasteiger partial charge in [-0.15, -0.1) is 0 Å². The monoisotopic (exact) mass is 370 g/mol. The van der Waals surface area contributed by atoms with E-state index >= 15 is 0 Å². The van der Waals surface area contributed by atoms with Gasteiger partial charge in [0.1, 0.15) is 17.1 Å². The van der Waals surface area contributed by atoms with Crippen molar-refractivity contribution in [2.75, 3.05) is 0 Å². The maximum absolute atomic E-state index is 11.3. The molecule has 5 heteroatoms. The average molecular weight is 371 g/mol. The number of benzene rings is 1. The Morgan fingerprint density at radius 3 is 2.16 bits per heavy atom. The van der Waals surface area contributed by atoms with E-state index in [4.69, 9.17) is 4.74 Å². The Labute approximate surface area is 153 Å². The first-order chi connectivity index (χ1) is 11.8. The molecule has 1 aromatic rings. The molecule has 144 valence electrons. The van der Waals surface area contributed by atoms with Crippen LogP contribution in [0, 0.1) is 0 Å². The lowest BCUT2D eigenvalue weighted by atomic mass is 10.00. The van der Waals surface area contributed by atoms with Crippen molar-refractivity contribution in [2.24, 2.45) is 0 Å². The van der Waals surface area contributed by atoms with E-state index in [2.05, 4.69) is 26.0 Å². The smallest absolute Gasteiger partial charge is 0.271 e. The van der Waals surface area contributed by atoms with Crippen LogP contribution in [0.25, 0.3) is 0 Å². The van der Waals surface area contributed by atoms with Gasteiger partial charge in [0.25, 0.3) is 10.1 Å². The molecule has 0 saturated heterocycles. The number of hydrogen-bond donors (Lipinski definition) is 1. The summed E-state index contributed by atoms with van der Waals surface area (Å²) in [6.07, 6.45) is 8.41. The molecular formula is C20H34O4S. The van der Waals surface area contributed by atoms with Crippen molar-refractivity contribution < 1.29 is 17.7 Å². The Hall–Kier alpha value is -1.07. The number of unbranched alkanes of at least 4 members (excludes halogenated alkanes) is 4. The van der Waals surface area contributed by atoms with E-state index < -0.39 is 21.5 Å². The van der Waals surface area contributed by atoms with Crippen molar-refractivity contribution in [2.45, 2.75) is 90.4 Å². The topological polar surface area (TPSA) is 63.6 Å². The molecule has 0 amide bonds. The molecule has 0 fully saturated rings. The minimum Gasteiger partial charge on any atom is -0.489 e. The molecule has 4 nitrogen and oxygen atoms in total. The van der Waals surface area contributed by atoms with Crippen LogP contribution in [0.2, 0.25) is 0 Å². The van der Waals surface area contributed by atoms with Gasteiger partial charge in [-0.1, -0.05) is 51.7 Å². The molecule has 0 heterocycles. The van der Waals surface area contributed by atoms with Crippen LogP contribution in [0.15, 0.2) is 18.2 Å². The summed E-state index contributed by atoms with van der Waals surface area (Å²) in [6, 6.07) is 6.22. The first kappa shape index (κ1) is 22.0. The predicted octanol–water partition coefficient (Wildman–Crippen LogP) is 5.20. The molecule has 1 N–H and O–H groups in total. The molecule has 0 aliphatic carbocycles. The second-order valence-electron chi connectivity index (χ2n) is 6.90. The third-order valence-electron chi connectivity index (χ3n) is 4.69. The summed E-state index contributed by atoms with van der Waals surface area (Å²) in [4.78, 5) is 0. The van der Waals surface area contributed by atoms with Gasteiger partial charge in [0, 0.05) is 0 Å². The number of aryl methyl sites for hydroxylation is 2. The lowest BCUT2D eigenvalue weighted by Crippen LogP contribution is -2.33. The van der Waals surface area contributed by atoms with Crippen LogP contribution in [-0.4, -0.2) is 24.3 Å². The van der Waals surface area contributed by atoms with Crippen LogP contribution in [0.3, 0.4) is 0 Å². The Kier molecular flexibility index (Phi) is 9.51. The van der Waals surface area contributed by atoms with Crippen molar-refractivity contribution in [3.8, 4) is 5.75 Å². The number of hydrogen-bond acceptors (Lipinski definition) is 3. The van der Waals surface area contributed by atoms with E-state index in [0.717, 1.165) is 43.4 Å². The lowest BCUT2D eigenvalue weighted by Gasteiger charge is -2.21. The van der Waals surface area contributed by atoms with Gasteiger partial charge in [0.05, 0.1) is 0 Å². The normalized spacial score (nSPS) is 14.3. The highest BCUT2D eigenvalue weighted by Gasteiger charge is 2.26. The second-order valence-corrected chi connectivity index (χ2v) is 8.67. The van der Waals surface area contributed by atoms with Gasteiger partial charge in [-0.25, -0.2) is 0 Å². The van der Waals surface area contributed by atoms with Crippen LogP contribution >= 0.6 is 0 Å². The molecule has 1 aromatic carbocycles. The summed E-state index contributed by atoms with van der Waals surface area (Å²) in [5, 5.41) is -0.958. The molecule has 1 rings (SSSR count). The zero-order valence-electron chi connectivity index (χ0n) is 16.1. The molecule has 0 bridgehead atoms. The van der Waals surface area contributed by atoms with E-state index in [0.29, 0.717) is 0 Å². The molecular weight excluding hydrogens is 336 g/mol. The minimum absolute atomic E-state index is 0.606. The highest BCUT2D eigenvalue weighted by molar-refractivity contribution is 7.86. The van der Waals surface area contributed by atoms with E-state index in [1.165, 1.54) is 31.7 Å². The zero-order valence-corrected chi connectivity index (χ0v) is 16.9. The first-order valence-electron chi connectivity index (χ1n) is 9.54. The molecule has 0 radical (unpaired) electrons. The fraction of sp³-hybridized carbons (Fsp3) is 0.700. The van der Waals surface area contributed by atoms with Gasteiger partial charge in [-0.05, 0) is 56.7 Å². The molecule has 2 unspecified atom stereocenters. The number of ether oxygens (including phenoxy) is 1. The molecule has 0 aliphatic heterocycles. The van der Waals surface area contributed by atoms with E-state index in [9.17, 15) is 13.0 Å². The molecule has 2 atom stereocenters. The Morgan fingerprint density at radius 2 is 1.60 bits per heavy atom. The minimum atomic E-state index is -4.10. The summed E-state index contributed by atoms with van der Waals surface area (Å²) < 4.78 is 37.8. The fourth-order valence-corrected chi connectivity index (χ4v) is 3.32. The van der Waals surface area contributed by atoms with Crippen LogP contribution < -0.4 is 4.74 Å². The van der Waals surface area contributed by atoms with Gasteiger partial charge in [-0.2, -0.15) is 8.42 Å². The van der Waals surface area contributed by atoms with Crippen molar-refractivity contribution >= 4 is 10.1 Å². The quantitative estimate of drug-likeness (QED) is 0.406. The summed E-state index contributed by atoms with van der Waals surface area (Å²) in [5.74, 6) is 0.735. The van der Waals surface area contributed by atoms with Gasteiger partial charge < -0.3 is 4.74 Å². The summed E-state index contributed by atoms with van der Waals surface area (Å²) in [5.41, 5.74) is 2.44. The van der Waals surface area contributed by atoms with Crippen molar-refractivity contribution in [3.05, 3.63) is 29.3 Å². The SMILES string of the molecule is CCCCCc1ccc(OC(C)C(C)S(=O)(=O)O)c(CCCCC)c1. The largest absolute Gasteiger partial charge is 0.489 e. The Balaban J connectivity index is 2.91. The number of rotatable bonds is 12. The van der Waals surface area contributed by atoms with Gasteiger partial charge in [0.2, 0.25) is 0 Å². The maximum Gasteiger partial charge on any atom is 0.271 e. The van der Waals surface area contributed by atoms with Crippen molar-refractivity contribution in [3.63, 3.8) is 0 Å². The first-order valence-corrected chi connectivity index (χ1v) is 11.0. The summed E-state index contributed by atoms with van der Waals surface area (Å²) >= 11 is 0. The van der Waals surface area contributed by atoms with E-state index in [1.807, 2.05) is 6.07 Å². The lowest BCUT2D eigenvalue weighted by molar-refractivity contribution is 0.212. The molecule has 0 spiro atoms. The molecule has 0 aliphatic rings. The fourth-order valence-electron chi connectivity index (χ4n) is 2.78. The van der Waals surface area contributed by atoms with Crippen molar-refractivity contribution in [1.29, 1.82) is 0 Å². The summed E-state index contributed by atoms with van der Waals surface area (Å²) in [7, 11) is -4.10. The molecule has 25 heavy (non-hydrogen) atoms. The summed E-state index contributed by atoms with van der Waals surface area (Å²) in [6.45, 7) is 7.53. The molecule has 0 saturated carbocycles. The predicted molar refractivity (Wildman–Crippen MR) is 104 cm³/mol. The van der Waals surface area contributed by atoms with E-state index in [1.54, 1.807) is 6.92 Å². The second kappa shape index (κ2) is 10.8. The van der Waals surface area contributed by atoms with Crippen molar-refractivity contribution in [1.82, 2.24) is 0 Å². The third kappa shape index (κ3) is 7.78. The third-order valence-corrected chi connectivity index (χ3v) is 6.01. The van der Waals surface area contributed by atoms with Crippen LogP contribution in [0.5, 0.6) is 5.75 Å². The Morgan fingerprint density at radius 1 is 1.00 bits per heavy atom. The Bertz CT molecular complexity index is 610. The maximum atomic E-state index is 11.3. The van der Waals surface area contributed by atoms with Crippen LogP contribution in [0.4, 0.5) is 0 Å². The highest BCUT2D eigenvalue weighted by atomic mass is 32.2. The standard InChI is InChI=1S/C20H34O4S/c1-5-7-9-11-18-13-14-20(19(15-18)12-10-8-6-2)24-16(3)17(4)25(21,22)23/h13-17H,5-12H2,1-4H3,(H,21,22,23). The van der Waals surface area contributed by atoms with Gasteiger partial charge >= 0.3 is 0 Å². The van der Waals surface area contributed by atoms with Crippen LogP contribution in [-0.2, 0) is 23.0 Å². The van der Waals surface area contributed by atoms with Gasteiger partial charge in [0.15, 0.2) is 0 Å².